The summed E-state index contributed by atoms with van der Waals surface area (Å²) in [7, 11) is 1.47. The molecule has 2 rings (SSSR count). The number of fused-ring (bicyclic) bond motifs is 1. The number of hydrogen-bond donors (Lipinski definition) is 4. The third-order valence-electron chi connectivity index (χ3n) is 5.30. The van der Waals surface area contributed by atoms with Gasteiger partial charge in [0.2, 0.25) is 17.7 Å². The van der Waals surface area contributed by atoms with Crippen LogP contribution in [-0.4, -0.2) is 77.9 Å². The van der Waals surface area contributed by atoms with E-state index in [0.717, 1.165) is 0 Å². The van der Waals surface area contributed by atoms with Gasteiger partial charge >= 0.3 is 5.97 Å². The number of para-hydroxylation sites is 1. The standard InChI is InChI=1S/C23H32N4O7/c1-13(2)20-22(31)27(4)11-19(29)24-14(3)12-34-17-8-6-5-7-15(17)21(30)25-16(23(32)33)9-10-18(28)26-20/h5-8,13-14,16,20H,9-12H2,1-4H3,(H,24,29)(H,25,30)(H,26,28)(H,32,33)/t14-,16-,20-/m0/s1. The number of benzene rings is 1. The van der Waals surface area contributed by atoms with Crippen molar-refractivity contribution < 1.29 is 33.8 Å². The molecule has 11 heteroatoms. The Hall–Kier alpha value is -3.63. The lowest BCUT2D eigenvalue weighted by Crippen LogP contribution is -2.53. The summed E-state index contributed by atoms with van der Waals surface area (Å²) in [5, 5.41) is 17.3. The molecule has 1 aliphatic heterocycles. The molecule has 0 spiro atoms. The molecule has 0 saturated carbocycles. The summed E-state index contributed by atoms with van der Waals surface area (Å²) in [5.74, 6) is -3.40. The highest BCUT2D eigenvalue weighted by Gasteiger charge is 2.29. The van der Waals surface area contributed by atoms with Gasteiger partial charge in [-0.2, -0.15) is 0 Å². The summed E-state index contributed by atoms with van der Waals surface area (Å²) in [6, 6.07) is 3.66. The maximum atomic E-state index is 12.9. The fourth-order valence-corrected chi connectivity index (χ4v) is 3.42. The molecule has 0 aliphatic carbocycles. The Morgan fingerprint density at radius 2 is 1.76 bits per heavy atom. The van der Waals surface area contributed by atoms with Crippen LogP contribution in [0.2, 0.25) is 0 Å². The summed E-state index contributed by atoms with van der Waals surface area (Å²) in [4.78, 5) is 63.5. The van der Waals surface area contributed by atoms with E-state index in [1.54, 1.807) is 39.0 Å². The van der Waals surface area contributed by atoms with Crippen molar-refractivity contribution in [1.82, 2.24) is 20.9 Å². The summed E-state index contributed by atoms with van der Waals surface area (Å²) < 4.78 is 5.71. The summed E-state index contributed by atoms with van der Waals surface area (Å²) >= 11 is 0. The summed E-state index contributed by atoms with van der Waals surface area (Å²) in [6.45, 7) is 5.03. The maximum Gasteiger partial charge on any atom is 0.326 e. The number of hydrogen-bond acceptors (Lipinski definition) is 6. The monoisotopic (exact) mass is 476 g/mol. The Kier molecular flexibility index (Phi) is 9.40. The minimum Gasteiger partial charge on any atom is -0.491 e. The first-order valence-corrected chi connectivity index (χ1v) is 11.1. The highest BCUT2D eigenvalue weighted by molar-refractivity contribution is 5.99. The second-order valence-electron chi connectivity index (χ2n) is 8.66. The zero-order chi connectivity index (χ0) is 25.4. The van der Waals surface area contributed by atoms with Gasteiger partial charge in [-0.05, 0) is 31.4 Å². The number of aliphatic carboxylic acids is 1. The molecule has 4 N–H and O–H groups in total. The van der Waals surface area contributed by atoms with Gasteiger partial charge in [-0.1, -0.05) is 26.0 Å². The van der Waals surface area contributed by atoms with Gasteiger partial charge < -0.3 is 30.7 Å². The number of carboxylic acid groups (broad SMARTS) is 1. The van der Waals surface area contributed by atoms with Crippen molar-refractivity contribution in [2.75, 3.05) is 20.2 Å². The molecule has 1 heterocycles. The van der Waals surface area contributed by atoms with E-state index in [0.29, 0.717) is 0 Å². The number of nitrogens with zero attached hydrogens (tertiary/aromatic N) is 1. The van der Waals surface area contributed by atoms with Crippen LogP contribution < -0.4 is 20.7 Å². The molecule has 0 fully saturated rings. The van der Waals surface area contributed by atoms with Gasteiger partial charge in [-0.3, -0.25) is 19.2 Å². The van der Waals surface area contributed by atoms with Gasteiger partial charge in [0.25, 0.3) is 5.91 Å². The van der Waals surface area contributed by atoms with Crippen molar-refractivity contribution in [1.29, 1.82) is 0 Å². The minimum absolute atomic E-state index is 0.0424. The number of carbonyl (C=O) groups is 5. The predicted octanol–water partition coefficient (Wildman–Crippen LogP) is 0.146. The van der Waals surface area contributed by atoms with Gasteiger partial charge in [0.1, 0.15) is 24.4 Å². The Morgan fingerprint density at radius 3 is 2.41 bits per heavy atom. The summed E-state index contributed by atoms with van der Waals surface area (Å²) in [6.07, 6.45) is -0.405. The van der Waals surface area contributed by atoms with Gasteiger partial charge in [0, 0.05) is 13.5 Å². The number of likely N-dealkylation sites (N-methyl/N-ethyl adjacent to an activating group) is 1. The van der Waals surface area contributed by atoms with Gasteiger partial charge in [-0.15, -0.1) is 0 Å². The van der Waals surface area contributed by atoms with Crippen molar-refractivity contribution in [2.24, 2.45) is 5.92 Å². The van der Waals surface area contributed by atoms with E-state index in [1.807, 2.05) is 0 Å². The van der Waals surface area contributed by atoms with Gasteiger partial charge in [0.05, 0.1) is 18.2 Å². The molecule has 0 aromatic heterocycles. The van der Waals surface area contributed by atoms with Crippen molar-refractivity contribution >= 4 is 29.6 Å². The third-order valence-corrected chi connectivity index (χ3v) is 5.30. The SMILES string of the molecule is CC(C)[C@@H]1NC(=O)CC[C@@H](C(=O)O)NC(=O)c2ccccc2OC[C@H](C)NC(=O)CN(C)C1=O. The van der Waals surface area contributed by atoms with E-state index in [9.17, 15) is 29.1 Å². The number of ether oxygens (including phenoxy) is 1. The highest BCUT2D eigenvalue weighted by atomic mass is 16.5. The lowest BCUT2D eigenvalue weighted by atomic mass is 10.0. The van der Waals surface area contributed by atoms with E-state index in [-0.39, 0.29) is 43.2 Å². The molecule has 1 aliphatic rings. The zero-order valence-electron chi connectivity index (χ0n) is 19.8. The van der Waals surface area contributed by atoms with Crippen molar-refractivity contribution in [3.8, 4) is 5.75 Å². The largest absolute Gasteiger partial charge is 0.491 e. The first-order valence-electron chi connectivity index (χ1n) is 11.1. The Morgan fingerprint density at radius 1 is 1.09 bits per heavy atom. The molecule has 0 saturated heterocycles. The molecule has 0 bridgehead atoms. The molecule has 0 radical (unpaired) electrons. The summed E-state index contributed by atoms with van der Waals surface area (Å²) in [5.41, 5.74) is 0.128. The molecule has 3 atom stereocenters. The van der Waals surface area contributed by atoms with Crippen LogP contribution in [0.4, 0.5) is 0 Å². The topological polar surface area (TPSA) is 154 Å². The molecule has 1 aromatic carbocycles. The van der Waals surface area contributed by atoms with E-state index in [1.165, 1.54) is 18.0 Å². The van der Waals surface area contributed by atoms with Crippen molar-refractivity contribution in [3.63, 3.8) is 0 Å². The normalized spacial score (nSPS) is 23.6. The van der Waals surface area contributed by atoms with E-state index in [4.69, 9.17) is 4.74 Å². The first-order chi connectivity index (χ1) is 16.0. The van der Waals surface area contributed by atoms with Crippen LogP contribution in [0.15, 0.2) is 24.3 Å². The third kappa shape index (κ3) is 7.46. The van der Waals surface area contributed by atoms with Crippen LogP contribution in [0.1, 0.15) is 44.0 Å². The van der Waals surface area contributed by atoms with Crippen LogP contribution in [0.25, 0.3) is 0 Å². The smallest absolute Gasteiger partial charge is 0.326 e. The molecular formula is C23H32N4O7. The lowest BCUT2D eigenvalue weighted by molar-refractivity contribution is -0.140. The fourth-order valence-electron chi connectivity index (χ4n) is 3.42. The Balaban J connectivity index is 2.32. The quantitative estimate of drug-likeness (QED) is 0.474. The molecule has 0 unspecified atom stereocenters. The lowest BCUT2D eigenvalue weighted by Gasteiger charge is -2.27. The number of carbonyl (C=O) groups excluding carboxylic acids is 4. The van der Waals surface area contributed by atoms with Crippen molar-refractivity contribution in [3.05, 3.63) is 29.8 Å². The van der Waals surface area contributed by atoms with Crippen LogP contribution in [0.3, 0.4) is 0 Å². The molecule has 186 valence electrons. The first kappa shape index (κ1) is 26.6. The molecule has 11 nitrogen and oxygen atoms in total. The van der Waals surface area contributed by atoms with Crippen molar-refractivity contribution in [2.45, 2.75) is 51.7 Å². The van der Waals surface area contributed by atoms with Crippen LogP contribution >= 0.6 is 0 Å². The van der Waals surface area contributed by atoms with E-state index >= 15 is 0 Å². The maximum absolute atomic E-state index is 12.9. The molecule has 34 heavy (non-hydrogen) atoms. The number of nitrogens with one attached hydrogen (secondary N) is 3. The molecule has 4 amide bonds. The van der Waals surface area contributed by atoms with E-state index in [2.05, 4.69) is 16.0 Å². The number of amides is 4. The van der Waals surface area contributed by atoms with Gasteiger partial charge in [-0.25, -0.2) is 4.79 Å². The second-order valence-corrected chi connectivity index (χ2v) is 8.66. The van der Waals surface area contributed by atoms with Crippen LogP contribution in [-0.2, 0) is 19.2 Å². The Labute approximate surface area is 198 Å². The number of carboxylic acids is 1. The zero-order valence-corrected chi connectivity index (χ0v) is 19.8. The predicted molar refractivity (Wildman–Crippen MR) is 122 cm³/mol. The second kappa shape index (κ2) is 12.0. The highest BCUT2D eigenvalue weighted by Crippen LogP contribution is 2.19. The Bertz CT molecular complexity index is 934. The average Bonchev–Trinajstić information content (AvgIpc) is 2.77. The van der Waals surface area contributed by atoms with E-state index < -0.39 is 47.7 Å². The average molecular weight is 477 g/mol. The fraction of sp³-hybridized carbons (Fsp3) is 0.522. The van der Waals surface area contributed by atoms with Crippen LogP contribution in [0.5, 0.6) is 5.75 Å². The van der Waals surface area contributed by atoms with Gasteiger partial charge in [0.15, 0.2) is 0 Å². The number of rotatable bonds is 2. The van der Waals surface area contributed by atoms with Crippen LogP contribution in [0, 0.1) is 5.92 Å². The minimum atomic E-state index is -1.32. The molecule has 1 aromatic rings. The molecular weight excluding hydrogens is 444 g/mol.